The molecule has 0 aliphatic carbocycles. The summed E-state index contributed by atoms with van der Waals surface area (Å²) in [6.07, 6.45) is 1.80. The number of hydrogen-bond acceptors (Lipinski definition) is 4. The Morgan fingerprint density at radius 3 is 3.06 bits per heavy atom. The maximum Gasteiger partial charge on any atom is 0.240 e. The van der Waals surface area contributed by atoms with Crippen molar-refractivity contribution in [3.63, 3.8) is 0 Å². The lowest BCUT2D eigenvalue weighted by Gasteiger charge is -1.93. The number of aromatic nitrogens is 3. The molecule has 0 aliphatic heterocycles. The van der Waals surface area contributed by atoms with Gasteiger partial charge in [0.15, 0.2) is 5.69 Å². The molecule has 2 aromatic heterocycles. The summed E-state index contributed by atoms with van der Waals surface area (Å²) in [6, 6.07) is 3.67. The minimum Gasteiger partial charge on any atom is -0.492 e. The topological polar surface area (TPSA) is 115 Å². The predicted molar refractivity (Wildman–Crippen MR) is 70.9 cm³/mol. The van der Waals surface area contributed by atoms with Crippen molar-refractivity contribution in [1.82, 2.24) is 15.2 Å². The van der Waals surface area contributed by atoms with Crippen LogP contribution in [0.5, 0.6) is 5.88 Å². The minimum atomic E-state index is -0.202. The second-order valence-electron chi connectivity index (χ2n) is 3.66. The van der Waals surface area contributed by atoms with Crippen LogP contribution in [0.1, 0.15) is 0 Å². The summed E-state index contributed by atoms with van der Waals surface area (Å²) in [7, 11) is 0. The van der Waals surface area contributed by atoms with Gasteiger partial charge in [0, 0.05) is 11.6 Å². The molecule has 0 fully saturated rings. The van der Waals surface area contributed by atoms with Crippen LogP contribution < -0.4 is 5.73 Å². The van der Waals surface area contributed by atoms with E-state index in [9.17, 15) is 5.11 Å². The predicted octanol–water partition coefficient (Wildman–Crippen LogP) is 2.08. The van der Waals surface area contributed by atoms with Crippen molar-refractivity contribution in [2.45, 2.75) is 0 Å². The number of aromatic hydroxyl groups is 1. The quantitative estimate of drug-likeness (QED) is 0.396. The van der Waals surface area contributed by atoms with E-state index in [1.54, 1.807) is 12.3 Å². The number of fused-ring (bicyclic) bond motifs is 3. The van der Waals surface area contributed by atoms with E-state index in [1.165, 1.54) is 0 Å². The fraction of sp³-hybridized carbons (Fsp3) is 0. The van der Waals surface area contributed by atoms with Crippen molar-refractivity contribution in [3.05, 3.63) is 18.3 Å². The fourth-order valence-corrected chi connectivity index (χ4v) is 1.90. The van der Waals surface area contributed by atoms with Gasteiger partial charge in [0.05, 0.1) is 16.4 Å². The second-order valence-corrected chi connectivity index (χ2v) is 4.08. The highest BCUT2D eigenvalue weighted by atomic mass is 32.1. The molecule has 3 rings (SSSR count). The first-order chi connectivity index (χ1) is 8.66. The monoisotopic (exact) mass is 260 g/mol. The SMILES string of the molecule is NC(=S)N=Nc1c(O)nc2ccc3c[nH][nH]c3c12. The van der Waals surface area contributed by atoms with E-state index in [2.05, 4.69) is 37.6 Å². The Labute approximate surface area is 106 Å². The van der Waals surface area contributed by atoms with Gasteiger partial charge >= 0.3 is 0 Å². The molecular formula is C10H8N6OS. The van der Waals surface area contributed by atoms with Gasteiger partial charge in [-0.05, 0) is 24.4 Å². The van der Waals surface area contributed by atoms with Crippen molar-refractivity contribution < 1.29 is 5.11 Å². The summed E-state index contributed by atoms with van der Waals surface area (Å²) in [5, 5.41) is 24.5. The van der Waals surface area contributed by atoms with E-state index in [4.69, 9.17) is 5.73 Å². The number of thiocarbonyl (C=S) groups is 1. The third-order valence-corrected chi connectivity index (χ3v) is 2.65. The number of aromatic amines is 2. The van der Waals surface area contributed by atoms with Gasteiger partial charge in [0.2, 0.25) is 11.0 Å². The van der Waals surface area contributed by atoms with Crippen molar-refractivity contribution in [3.8, 4) is 5.88 Å². The van der Waals surface area contributed by atoms with E-state index < -0.39 is 0 Å². The molecular weight excluding hydrogens is 252 g/mol. The molecule has 7 nitrogen and oxygen atoms in total. The van der Waals surface area contributed by atoms with E-state index >= 15 is 0 Å². The Kier molecular flexibility index (Phi) is 2.23. The number of H-pyrrole nitrogens is 2. The molecule has 0 unspecified atom stereocenters. The van der Waals surface area contributed by atoms with E-state index in [0.29, 0.717) is 10.9 Å². The normalized spacial score (nSPS) is 11.8. The van der Waals surface area contributed by atoms with Crippen molar-refractivity contribution in [2.24, 2.45) is 16.0 Å². The summed E-state index contributed by atoms with van der Waals surface area (Å²) in [5.74, 6) is -0.202. The van der Waals surface area contributed by atoms with E-state index in [1.807, 2.05) is 6.07 Å². The molecule has 1 aromatic carbocycles. The van der Waals surface area contributed by atoms with Gasteiger partial charge in [-0.2, -0.15) is 0 Å². The number of rotatable bonds is 1. The highest BCUT2D eigenvalue weighted by Crippen LogP contribution is 2.38. The summed E-state index contributed by atoms with van der Waals surface area (Å²) >= 11 is 4.62. The maximum atomic E-state index is 9.77. The molecule has 0 bridgehead atoms. The summed E-state index contributed by atoms with van der Waals surface area (Å²) in [5.41, 5.74) is 6.91. The molecule has 2 heterocycles. The number of hydrogen-bond donors (Lipinski definition) is 4. The Morgan fingerprint density at radius 2 is 2.28 bits per heavy atom. The first kappa shape index (κ1) is 10.7. The van der Waals surface area contributed by atoms with Crippen LogP contribution in [-0.2, 0) is 0 Å². The second kappa shape index (κ2) is 3.77. The molecule has 0 saturated heterocycles. The number of benzene rings is 1. The third kappa shape index (κ3) is 1.51. The molecule has 5 N–H and O–H groups in total. The summed E-state index contributed by atoms with van der Waals surface area (Å²) < 4.78 is 0. The lowest BCUT2D eigenvalue weighted by molar-refractivity contribution is 0.459. The average molecular weight is 260 g/mol. The smallest absolute Gasteiger partial charge is 0.240 e. The number of nitrogens with two attached hydrogens (primary N) is 1. The molecule has 0 aliphatic rings. The fourth-order valence-electron chi connectivity index (χ4n) is 1.85. The van der Waals surface area contributed by atoms with Gasteiger partial charge in [-0.15, -0.1) is 10.2 Å². The third-order valence-electron chi connectivity index (χ3n) is 2.56. The van der Waals surface area contributed by atoms with Gasteiger partial charge in [-0.1, -0.05) is 0 Å². The van der Waals surface area contributed by atoms with Crippen LogP contribution in [0.25, 0.3) is 21.8 Å². The zero-order valence-electron chi connectivity index (χ0n) is 9.01. The maximum absolute atomic E-state index is 9.77. The molecule has 0 saturated carbocycles. The van der Waals surface area contributed by atoms with Gasteiger partial charge in [-0.3, -0.25) is 5.10 Å². The largest absolute Gasteiger partial charge is 0.492 e. The van der Waals surface area contributed by atoms with Crippen molar-refractivity contribution in [2.75, 3.05) is 0 Å². The minimum absolute atomic E-state index is 0.103. The van der Waals surface area contributed by atoms with Crippen LogP contribution >= 0.6 is 12.2 Å². The number of nitrogens with one attached hydrogen (secondary N) is 2. The first-order valence-electron chi connectivity index (χ1n) is 5.05. The highest BCUT2D eigenvalue weighted by Gasteiger charge is 2.15. The standard InChI is InChI=1S/C10H8N6OS/c11-10(18)16-15-8-6-5(13-9(8)17)2-1-4-3-12-14-7(4)6/h1-3,12,14,17H,(H2,11,18). The van der Waals surface area contributed by atoms with Gasteiger partial charge < -0.3 is 15.9 Å². The molecule has 0 radical (unpaired) electrons. The molecule has 90 valence electrons. The Balaban J connectivity index is 2.38. The number of azo groups is 1. The van der Waals surface area contributed by atoms with Gasteiger partial charge in [0.25, 0.3) is 0 Å². The molecule has 18 heavy (non-hydrogen) atoms. The summed E-state index contributed by atoms with van der Waals surface area (Å²) in [4.78, 5) is 4.00. The Hall–Kier alpha value is -2.48. The molecule has 3 aromatic rings. The molecule has 0 atom stereocenters. The number of nitrogens with zero attached hydrogens (tertiary/aromatic N) is 3. The van der Waals surface area contributed by atoms with Crippen LogP contribution in [0.3, 0.4) is 0 Å². The van der Waals surface area contributed by atoms with Gasteiger partial charge in [-0.25, -0.2) is 4.98 Å². The lowest BCUT2D eigenvalue weighted by atomic mass is 10.2. The van der Waals surface area contributed by atoms with Crippen LogP contribution in [0.4, 0.5) is 5.69 Å². The molecule has 0 spiro atoms. The van der Waals surface area contributed by atoms with Crippen LogP contribution in [-0.4, -0.2) is 25.4 Å². The van der Waals surface area contributed by atoms with Crippen LogP contribution in [0.15, 0.2) is 28.6 Å². The van der Waals surface area contributed by atoms with Crippen LogP contribution in [0.2, 0.25) is 0 Å². The first-order valence-corrected chi connectivity index (χ1v) is 5.46. The zero-order chi connectivity index (χ0) is 12.7. The van der Waals surface area contributed by atoms with E-state index in [-0.39, 0.29) is 16.7 Å². The lowest BCUT2D eigenvalue weighted by Crippen LogP contribution is -2.01. The zero-order valence-corrected chi connectivity index (χ0v) is 9.82. The summed E-state index contributed by atoms with van der Waals surface area (Å²) in [6.45, 7) is 0. The Bertz CT molecular complexity index is 786. The van der Waals surface area contributed by atoms with E-state index in [0.717, 1.165) is 10.9 Å². The average Bonchev–Trinajstić information content (AvgIpc) is 2.88. The van der Waals surface area contributed by atoms with Crippen molar-refractivity contribution >= 4 is 44.8 Å². The van der Waals surface area contributed by atoms with Crippen molar-refractivity contribution in [1.29, 1.82) is 0 Å². The highest BCUT2D eigenvalue weighted by molar-refractivity contribution is 7.80. The molecule has 0 amide bonds. The Morgan fingerprint density at radius 1 is 1.44 bits per heavy atom. The molecule has 8 heteroatoms. The van der Waals surface area contributed by atoms with Gasteiger partial charge in [0.1, 0.15) is 0 Å². The van der Waals surface area contributed by atoms with Crippen LogP contribution in [0, 0.1) is 0 Å².